The van der Waals surface area contributed by atoms with E-state index in [1.165, 1.54) is 98.7 Å². The molecule has 0 spiro atoms. The van der Waals surface area contributed by atoms with Crippen molar-refractivity contribution in [3.05, 3.63) is 169 Å². The van der Waals surface area contributed by atoms with E-state index in [0.29, 0.717) is 0 Å². The van der Waals surface area contributed by atoms with Gasteiger partial charge >= 0.3 is 0 Å². The van der Waals surface area contributed by atoms with Crippen LogP contribution in [0.5, 0.6) is 0 Å². The van der Waals surface area contributed by atoms with Gasteiger partial charge in [-0.25, -0.2) is 0 Å². The molecule has 0 aromatic heterocycles. The highest BCUT2D eigenvalue weighted by atomic mass is 14.4. The summed E-state index contributed by atoms with van der Waals surface area (Å²) in [6, 6.07) is 59.0. The maximum Gasteiger partial charge on any atom is 0.0159 e. The lowest BCUT2D eigenvalue weighted by Crippen LogP contribution is -2.15. The molecule has 0 fully saturated rings. The second-order valence-electron chi connectivity index (χ2n) is 13.7. The Morgan fingerprint density at radius 1 is 0.340 bits per heavy atom. The fourth-order valence-electron chi connectivity index (χ4n) is 8.51. The smallest absolute Gasteiger partial charge is 0.0159 e. The van der Waals surface area contributed by atoms with Crippen LogP contribution in [0.2, 0.25) is 0 Å². The third kappa shape index (κ3) is 3.76. The summed E-state index contributed by atoms with van der Waals surface area (Å²) >= 11 is 0. The van der Waals surface area contributed by atoms with Gasteiger partial charge in [0.05, 0.1) is 0 Å². The Labute approximate surface area is 274 Å². The second kappa shape index (κ2) is 9.64. The molecule has 0 heteroatoms. The van der Waals surface area contributed by atoms with Crippen molar-refractivity contribution < 1.29 is 0 Å². The van der Waals surface area contributed by atoms with Crippen molar-refractivity contribution in [2.45, 2.75) is 19.3 Å². The van der Waals surface area contributed by atoms with E-state index in [0.717, 1.165) is 0 Å². The summed E-state index contributed by atoms with van der Waals surface area (Å²) in [5, 5.41) is 10.5. The summed E-state index contributed by atoms with van der Waals surface area (Å²) in [4.78, 5) is 0. The molecule has 1 aliphatic carbocycles. The Kier molecular flexibility index (Phi) is 5.44. The normalized spacial score (nSPS) is 13.5. The van der Waals surface area contributed by atoms with Crippen molar-refractivity contribution in [1.82, 2.24) is 0 Å². The quantitative estimate of drug-likeness (QED) is 0.178. The Balaban J connectivity index is 1.28. The van der Waals surface area contributed by atoms with E-state index in [4.69, 9.17) is 0 Å². The molecule has 0 nitrogen and oxygen atoms in total. The fourth-order valence-corrected chi connectivity index (χ4v) is 8.51. The summed E-state index contributed by atoms with van der Waals surface area (Å²) in [6.07, 6.45) is 0. The first kappa shape index (κ1) is 26.5. The Bertz CT molecular complexity index is 2670. The topological polar surface area (TPSA) is 0 Å². The van der Waals surface area contributed by atoms with Gasteiger partial charge in [-0.15, -0.1) is 0 Å². The van der Waals surface area contributed by atoms with Crippen molar-refractivity contribution in [3.8, 4) is 44.5 Å². The second-order valence-corrected chi connectivity index (χ2v) is 13.7. The van der Waals surface area contributed by atoms with Crippen LogP contribution in [0.1, 0.15) is 25.0 Å². The van der Waals surface area contributed by atoms with Crippen molar-refractivity contribution in [1.29, 1.82) is 0 Å². The summed E-state index contributed by atoms with van der Waals surface area (Å²) in [6.45, 7) is 4.76. The fraction of sp³-hybridized carbons (Fsp3) is 0.0638. The lowest BCUT2D eigenvalue weighted by Gasteiger charge is -2.23. The molecule has 0 unspecified atom stereocenters. The average molecular weight is 597 g/mol. The molecule has 0 N–H and O–H groups in total. The molecule has 10 rings (SSSR count). The van der Waals surface area contributed by atoms with Gasteiger partial charge in [-0.1, -0.05) is 147 Å². The predicted octanol–water partition coefficient (Wildman–Crippen LogP) is 13.0. The molecule has 0 aliphatic heterocycles. The molecule has 0 amide bonds. The van der Waals surface area contributed by atoms with E-state index in [1.807, 2.05) is 0 Å². The molecule has 0 saturated carbocycles. The Morgan fingerprint density at radius 2 is 0.957 bits per heavy atom. The van der Waals surface area contributed by atoms with Crippen molar-refractivity contribution >= 4 is 43.1 Å². The third-order valence-electron chi connectivity index (χ3n) is 10.8. The van der Waals surface area contributed by atoms with Gasteiger partial charge in [0, 0.05) is 5.41 Å². The summed E-state index contributed by atoms with van der Waals surface area (Å²) in [5.74, 6) is 0. The van der Waals surface area contributed by atoms with E-state index in [-0.39, 0.29) is 5.41 Å². The first-order valence-electron chi connectivity index (χ1n) is 16.6. The molecule has 0 bridgehead atoms. The zero-order valence-electron chi connectivity index (χ0n) is 26.5. The van der Waals surface area contributed by atoms with E-state index >= 15 is 0 Å². The molecule has 0 heterocycles. The van der Waals surface area contributed by atoms with E-state index in [2.05, 4.69) is 172 Å². The minimum absolute atomic E-state index is 0.0867. The molecular weight excluding hydrogens is 565 g/mol. The zero-order valence-corrected chi connectivity index (χ0v) is 26.5. The van der Waals surface area contributed by atoms with Crippen LogP contribution in [-0.4, -0.2) is 0 Å². The van der Waals surface area contributed by atoms with Crippen molar-refractivity contribution in [3.63, 3.8) is 0 Å². The maximum atomic E-state index is 2.50. The maximum absolute atomic E-state index is 2.50. The van der Waals surface area contributed by atoms with E-state index in [9.17, 15) is 0 Å². The van der Waals surface area contributed by atoms with Crippen LogP contribution in [-0.2, 0) is 5.41 Å². The van der Waals surface area contributed by atoms with Crippen molar-refractivity contribution in [2.24, 2.45) is 0 Å². The van der Waals surface area contributed by atoms with Gasteiger partial charge in [0.2, 0.25) is 0 Å². The number of hydrogen-bond donors (Lipinski definition) is 0. The number of fused-ring (bicyclic) bond motifs is 5. The van der Waals surface area contributed by atoms with Crippen LogP contribution >= 0.6 is 0 Å². The van der Waals surface area contributed by atoms with Crippen molar-refractivity contribution in [2.75, 3.05) is 0 Å². The monoisotopic (exact) mass is 596 g/mol. The lowest BCUT2D eigenvalue weighted by atomic mass is 9.80. The van der Waals surface area contributed by atoms with Gasteiger partial charge in [0.1, 0.15) is 0 Å². The molecule has 0 atom stereocenters. The minimum Gasteiger partial charge on any atom is -0.0622 e. The molecule has 47 heavy (non-hydrogen) atoms. The SMILES string of the molecule is CC1(C)c2ccccc2-c2c1cc(-c1cc(-c3ccccc3)cc(-c3ccc4ccc5cccc6ccc3c4c56)c1)c1ccccc21. The van der Waals surface area contributed by atoms with Gasteiger partial charge in [-0.3, -0.25) is 0 Å². The number of rotatable bonds is 3. The van der Waals surface area contributed by atoms with Crippen LogP contribution in [0.15, 0.2) is 158 Å². The standard InChI is InChI=1S/C47H32/c1-47(2)42-18-9-8-17-40(42)46-38-16-7-6-15-37(38)41(28-43(46)47)35-26-33(29-11-4-3-5-12-29)25-34(27-35)36-23-21-32-20-19-30-13-10-14-31-22-24-39(36)45(32)44(30)31/h3-28H,1-2H3. The first-order chi connectivity index (χ1) is 23.1. The van der Waals surface area contributed by atoms with Crippen LogP contribution in [0.25, 0.3) is 87.6 Å². The van der Waals surface area contributed by atoms with Gasteiger partial charge in [0.25, 0.3) is 0 Å². The van der Waals surface area contributed by atoms with Gasteiger partial charge in [-0.05, 0) is 123 Å². The zero-order chi connectivity index (χ0) is 31.3. The summed E-state index contributed by atoms with van der Waals surface area (Å²) in [7, 11) is 0. The highest BCUT2D eigenvalue weighted by Crippen LogP contribution is 2.53. The van der Waals surface area contributed by atoms with Crippen LogP contribution in [0, 0.1) is 0 Å². The first-order valence-corrected chi connectivity index (χ1v) is 16.6. The van der Waals surface area contributed by atoms with E-state index < -0.39 is 0 Å². The third-order valence-corrected chi connectivity index (χ3v) is 10.8. The minimum atomic E-state index is -0.0867. The number of benzene rings is 9. The van der Waals surface area contributed by atoms with Gasteiger partial charge < -0.3 is 0 Å². The molecule has 0 saturated heterocycles. The Hall–Kier alpha value is -5.72. The molecule has 9 aromatic carbocycles. The van der Waals surface area contributed by atoms with Crippen LogP contribution < -0.4 is 0 Å². The Morgan fingerprint density at radius 3 is 1.77 bits per heavy atom. The molecular formula is C47H32. The van der Waals surface area contributed by atoms with E-state index in [1.54, 1.807) is 0 Å². The number of hydrogen-bond acceptors (Lipinski definition) is 0. The molecule has 220 valence electrons. The van der Waals surface area contributed by atoms with Gasteiger partial charge in [0.15, 0.2) is 0 Å². The average Bonchev–Trinajstić information content (AvgIpc) is 3.36. The highest BCUT2D eigenvalue weighted by Gasteiger charge is 2.37. The van der Waals surface area contributed by atoms with Gasteiger partial charge in [-0.2, -0.15) is 0 Å². The van der Waals surface area contributed by atoms with Crippen LogP contribution in [0.3, 0.4) is 0 Å². The summed E-state index contributed by atoms with van der Waals surface area (Å²) in [5.41, 5.74) is 13.0. The van der Waals surface area contributed by atoms with Crippen LogP contribution in [0.4, 0.5) is 0 Å². The summed E-state index contributed by atoms with van der Waals surface area (Å²) < 4.78 is 0. The predicted molar refractivity (Wildman–Crippen MR) is 202 cm³/mol. The molecule has 9 aromatic rings. The molecule has 1 aliphatic rings. The lowest BCUT2D eigenvalue weighted by molar-refractivity contribution is 0.661. The largest absolute Gasteiger partial charge is 0.0622 e. The highest BCUT2D eigenvalue weighted by molar-refractivity contribution is 6.25. The molecule has 0 radical (unpaired) electrons.